The van der Waals surface area contributed by atoms with Gasteiger partial charge in [-0.05, 0) is 54.5 Å². The van der Waals surface area contributed by atoms with Crippen LogP contribution in [0.15, 0.2) is 65.2 Å². The standard InChI is InChI=1S/C20H13NO5/c1-12-9-14(25-20(23)15-3-2-8-24-15)11-16-18(12)19(22)17(26-16)10-13-4-6-21-7-5-13/h2-11H,1H3/b17-10-. The third kappa shape index (κ3) is 2.88. The molecule has 0 fully saturated rings. The van der Waals surface area contributed by atoms with Crippen molar-refractivity contribution >= 4 is 17.8 Å². The zero-order valence-electron chi connectivity index (χ0n) is 13.8. The number of nitrogens with zero attached hydrogens (tertiary/aromatic N) is 1. The molecule has 3 aromatic rings. The number of pyridine rings is 1. The topological polar surface area (TPSA) is 78.6 Å². The summed E-state index contributed by atoms with van der Waals surface area (Å²) in [4.78, 5) is 28.6. The van der Waals surface area contributed by atoms with E-state index >= 15 is 0 Å². The molecule has 26 heavy (non-hydrogen) atoms. The largest absolute Gasteiger partial charge is 0.457 e. The zero-order chi connectivity index (χ0) is 18.1. The molecule has 0 atom stereocenters. The zero-order valence-corrected chi connectivity index (χ0v) is 13.8. The smallest absolute Gasteiger partial charge is 0.379 e. The molecule has 6 nitrogen and oxygen atoms in total. The summed E-state index contributed by atoms with van der Waals surface area (Å²) < 4.78 is 16.0. The maximum atomic E-state index is 12.6. The van der Waals surface area contributed by atoms with Crippen molar-refractivity contribution in [2.45, 2.75) is 6.92 Å². The highest BCUT2D eigenvalue weighted by atomic mass is 16.5. The summed E-state index contributed by atoms with van der Waals surface area (Å²) in [6.45, 7) is 1.76. The highest BCUT2D eigenvalue weighted by Crippen LogP contribution is 2.37. The highest BCUT2D eigenvalue weighted by Gasteiger charge is 2.30. The third-order valence-electron chi connectivity index (χ3n) is 3.88. The minimum atomic E-state index is -0.619. The number of ketones is 1. The number of fused-ring (bicyclic) bond motifs is 1. The summed E-state index contributed by atoms with van der Waals surface area (Å²) in [6, 6.07) is 9.80. The summed E-state index contributed by atoms with van der Waals surface area (Å²) in [6.07, 6.45) is 6.31. The molecule has 0 radical (unpaired) electrons. The van der Waals surface area contributed by atoms with Crippen molar-refractivity contribution < 1.29 is 23.5 Å². The second kappa shape index (κ2) is 6.33. The molecule has 2 aromatic heterocycles. The van der Waals surface area contributed by atoms with Crippen LogP contribution in [0.1, 0.15) is 32.0 Å². The molecule has 128 valence electrons. The van der Waals surface area contributed by atoms with E-state index in [-0.39, 0.29) is 23.1 Å². The van der Waals surface area contributed by atoms with Gasteiger partial charge < -0.3 is 13.9 Å². The minimum Gasteiger partial charge on any atom is -0.457 e. The first-order valence-corrected chi connectivity index (χ1v) is 7.86. The quantitative estimate of drug-likeness (QED) is 0.407. The van der Waals surface area contributed by atoms with Crippen molar-refractivity contribution in [1.82, 2.24) is 4.98 Å². The van der Waals surface area contributed by atoms with Crippen LogP contribution in [0.25, 0.3) is 6.08 Å². The number of benzene rings is 1. The van der Waals surface area contributed by atoms with E-state index in [2.05, 4.69) is 4.98 Å². The lowest BCUT2D eigenvalue weighted by atomic mass is 10.0. The van der Waals surface area contributed by atoms with E-state index < -0.39 is 5.97 Å². The number of rotatable bonds is 3. The fourth-order valence-corrected chi connectivity index (χ4v) is 2.70. The van der Waals surface area contributed by atoms with Gasteiger partial charge in [-0.1, -0.05) is 0 Å². The van der Waals surface area contributed by atoms with Crippen molar-refractivity contribution in [3.05, 3.63) is 83.3 Å². The number of ether oxygens (including phenoxy) is 2. The summed E-state index contributed by atoms with van der Waals surface area (Å²) in [5.74, 6) is 0.116. The van der Waals surface area contributed by atoms with Crippen LogP contribution < -0.4 is 9.47 Å². The Kier molecular flexibility index (Phi) is 3.85. The van der Waals surface area contributed by atoms with Crippen molar-refractivity contribution in [1.29, 1.82) is 0 Å². The van der Waals surface area contributed by atoms with E-state index in [1.165, 1.54) is 18.4 Å². The van der Waals surface area contributed by atoms with E-state index in [4.69, 9.17) is 13.9 Å². The van der Waals surface area contributed by atoms with Crippen LogP contribution >= 0.6 is 0 Å². The van der Waals surface area contributed by atoms with Gasteiger partial charge in [0.15, 0.2) is 5.76 Å². The predicted octanol–water partition coefficient (Wildman–Crippen LogP) is 3.82. The molecular formula is C20H13NO5. The molecule has 0 aliphatic carbocycles. The number of aromatic nitrogens is 1. The van der Waals surface area contributed by atoms with Gasteiger partial charge in [-0.15, -0.1) is 0 Å². The molecule has 4 rings (SSSR count). The molecule has 0 spiro atoms. The Bertz CT molecular complexity index is 1020. The Morgan fingerprint density at radius 3 is 2.73 bits per heavy atom. The average molecular weight is 347 g/mol. The molecule has 3 heterocycles. The highest BCUT2D eigenvalue weighted by molar-refractivity contribution is 6.15. The van der Waals surface area contributed by atoms with Crippen LogP contribution in [0.5, 0.6) is 11.5 Å². The molecular weight excluding hydrogens is 334 g/mol. The number of hydrogen-bond acceptors (Lipinski definition) is 6. The Morgan fingerprint density at radius 2 is 2.00 bits per heavy atom. The molecule has 0 amide bonds. The number of carbonyl (C=O) groups is 2. The SMILES string of the molecule is Cc1cc(OC(=O)c2ccco2)cc2c1C(=O)/C(=C/c1ccncc1)O2. The van der Waals surface area contributed by atoms with Gasteiger partial charge >= 0.3 is 5.97 Å². The van der Waals surface area contributed by atoms with Crippen LogP contribution in [0.2, 0.25) is 0 Å². The Morgan fingerprint density at radius 1 is 1.19 bits per heavy atom. The average Bonchev–Trinajstić information content (AvgIpc) is 3.25. The number of Topliss-reactive ketones (excluding diaryl/α,β-unsaturated/α-hetero) is 1. The number of esters is 1. The lowest BCUT2D eigenvalue weighted by Crippen LogP contribution is -2.07. The molecule has 0 bridgehead atoms. The van der Waals surface area contributed by atoms with Crippen molar-refractivity contribution in [3.8, 4) is 11.5 Å². The summed E-state index contributed by atoms with van der Waals surface area (Å²) in [5.41, 5.74) is 1.93. The predicted molar refractivity (Wildman–Crippen MR) is 92.0 cm³/mol. The van der Waals surface area contributed by atoms with Crippen LogP contribution in [0.3, 0.4) is 0 Å². The lowest BCUT2D eigenvalue weighted by Gasteiger charge is -2.06. The van der Waals surface area contributed by atoms with Crippen molar-refractivity contribution in [3.63, 3.8) is 0 Å². The van der Waals surface area contributed by atoms with Gasteiger partial charge in [0, 0.05) is 18.5 Å². The third-order valence-corrected chi connectivity index (χ3v) is 3.88. The van der Waals surface area contributed by atoms with Gasteiger partial charge in [0.05, 0.1) is 11.8 Å². The van der Waals surface area contributed by atoms with Crippen LogP contribution in [-0.4, -0.2) is 16.7 Å². The second-order valence-corrected chi connectivity index (χ2v) is 5.70. The molecule has 1 aliphatic rings. The number of hydrogen-bond donors (Lipinski definition) is 0. The number of carbonyl (C=O) groups excluding carboxylic acids is 2. The van der Waals surface area contributed by atoms with Gasteiger partial charge in [0.2, 0.25) is 11.5 Å². The molecule has 6 heteroatoms. The second-order valence-electron chi connectivity index (χ2n) is 5.70. The number of allylic oxidation sites excluding steroid dienone is 1. The molecule has 1 aromatic carbocycles. The first-order chi connectivity index (χ1) is 12.6. The number of aryl methyl sites for hydroxylation is 1. The van der Waals surface area contributed by atoms with Crippen molar-refractivity contribution in [2.75, 3.05) is 0 Å². The summed E-state index contributed by atoms with van der Waals surface area (Å²) >= 11 is 0. The van der Waals surface area contributed by atoms with E-state index in [1.54, 1.807) is 49.7 Å². The Hall–Kier alpha value is -3.67. The maximum absolute atomic E-state index is 12.6. The lowest BCUT2D eigenvalue weighted by molar-refractivity contribution is 0.0701. The fourth-order valence-electron chi connectivity index (χ4n) is 2.70. The normalized spacial score (nSPS) is 14.2. The number of furan rings is 1. The molecule has 0 N–H and O–H groups in total. The maximum Gasteiger partial charge on any atom is 0.379 e. The first-order valence-electron chi connectivity index (χ1n) is 7.86. The molecule has 0 unspecified atom stereocenters. The van der Waals surface area contributed by atoms with E-state index in [0.717, 1.165) is 5.56 Å². The minimum absolute atomic E-state index is 0.0958. The van der Waals surface area contributed by atoms with Gasteiger partial charge in [-0.2, -0.15) is 0 Å². The van der Waals surface area contributed by atoms with E-state index in [1.807, 2.05) is 0 Å². The fraction of sp³-hybridized carbons (Fsp3) is 0.0500. The molecule has 0 saturated carbocycles. The van der Waals surface area contributed by atoms with Crippen molar-refractivity contribution in [2.24, 2.45) is 0 Å². The summed E-state index contributed by atoms with van der Waals surface area (Å²) in [7, 11) is 0. The van der Waals surface area contributed by atoms with E-state index in [0.29, 0.717) is 16.9 Å². The monoisotopic (exact) mass is 347 g/mol. The molecule has 0 saturated heterocycles. The first kappa shape index (κ1) is 15.8. The van der Waals surface area contributed by atoms with Gasteiger partial charge in [0.25, 0.3) is 0 Å². The van der Waals surface area contributed by atoms with Gasteiger partial charge in [-0.3, -0.25) is 9.78 Å². The Labute approximate surface area is 148 Å². The van der Waals surface area contributed by atoms with Gasteiger partial charge in [-0.25, -0.2) is 4.79 Å². The van der Waals surface area contributed by atoms with Crippen LogP contribution in [0, 0.1) is 6.92 Å². The molecule has 1 aliphatic heterocycles. The van der Waals surface area contributed by atoms with Crippen LogP contribution in [-0.2, 0) is 0 Å². The Balaban J connectivity index is 1.63. The summed E-state index contributed by atoms with van der Waals surface area (Å²) in [5, 5.41) is 0. The van der Waals surface area contributed by atoms with Gasteiger partial charge in [0.1, 0.15) is 11.5 Å². The van der Waals surface area contributed by atoms with E-state index in [9.17, 15) is 9.59 Å². The van der Waals surface area contributed by atoms with Crippen LogP contribution in [0.4, 0.5) is 0 Å².